The van der Waals surface area contributed by atoms with Crippen LogP contribution in [0.4, 0.5) is 0 Å². The molecule has 0 amide bonds. The van der Waals surface area contributed by atoms with Gasteiger partial charge in [-0.3, -0.25) is 0 Å². The summed E-state index contributed by atoms with van der Waals surface area (Å²) in [5.74, 6) is -0.674. The van der Waals surface area contributed by atoms with Crippen LogP contribution >= 0.6 is 0 Å². The maximum absolute atomic E-state index is 12.3. The van der Waals surface area contributed by atoms with Crippen LogP contribution in [0.2, 0.25) is 0 Å². The Kier molecular flexibility index (Phi) is 17.2. The summed E-state index contributed by atoms with van der Waals surface area (Å²) in [6.45, 7) is 10.4. The molecule has 31 heavy (non-hydrogen) atoms. The number of likely N-dealkylation sites (N-methyl/N-ethyl adjacent to an activating group) is 1. The molecule has 3 nitrogen and oxygen atoms in total. The Hall–Kier alpha value is -0.830. The summed E-state index contributed by atoms with van der Waals surface area (Å²) in [7, 11) is 4.13. The van der Waals surface area contributed by atoms with E-state index in [1.54, 1.807) is 6.08 Å². The lowest BCUT2D eigenvalue weighted by Gasteiger charge is -2.48. The predicted molar refractivity (Wildman–Crippen MR) is 137 cm³/mol. The molecule has 0 radical (unpaired) electrons. The second-order valence-electron chi connectivity index (χ2n) is 10.5. The molecule has 3 heteroatoms. The fourth-order valence-corrected chi connectivity index (χ4v) is 4.76. The van der Waals surface area contributed by atoms with Crippen molar-refractivity contribution in [3.63, 3.8) is 0 Å². The molecule has 1 atom stereocenters. The summed E-state index contributed by atoms with van der Waals surface area (Å²) in [6.07, 6.45) is 24.5. The van der Waals surface area contributed by atoms with Gasteiger partial charge in [-0.05, 0) is 20.3 Å². The van der Waals surface area contributed by atoms with E-state index in [-0.39, 0.29) is 6.04 Å². The molecule has 0 aromatic carbocycles. The number of carboxylic acid groups (broad SMARTS) is 1. The van der Waals surface area contributed by atoms with Crippen LogP contribution in [0.5, 0.6) is 0 Å². The zero-order chi connectivity index (χ0) is 23.6. The molecule has 0 fully saturated rings. The van der Waals surface area contributed by atoms with Crippen molar-refractivity contribution < 1.29 is 14.4 Å². The SMILES string of the molecule is C=CCC(CCCCCCCCCCCCCCCCCC)(C(=O)O)[N+](C)(C)C(C)C. The lowest BCUT2D eigenvalue weighted by molar-refractivity contribution is -0.951. The first-order valence-corrected chi connectivity index (χ1v) is 13.4. The van der Waals surface area contributed by atoms with Crippen molar-refractivity contribution in [2.45, 2.75) is 148 Å². The Labute approximate surface area is 195 Å². The molecule has 0 aromatic heterocycles. The van der Waals surface area contributed by atoms with Gasteiger partial charge >= 0.3 is 5.97 Å². The predicted octanol–water partition coefficient (Wildman–Crippen LogP) is 8.52. The molecule has 0 aromatic rings. The first-order valence-electron chi connectivity index (χ1n) is 13.4. The van der Waals surface area contributed by atoms with Crippen molar-refractivity contribution in [3.8, 4) is 0 Å². The summed E-state index contributed by atoms with van der Waals surface area (Å²) in [6, 6.07) is 0.261. The van der Waals surface area contributed by atoms with E-state index in [0.29, 0.717) is 10.9 Å². The average molecular weight is 439 g/mol. The fourth-order valence-electron chi connectivity index (χ4n) is 4.76. The van der Waals surface area contributed by atoms with E-state index < -0.39 is 11.5 Å². The van der Waals surface area contributed by atoms with Crippen LogP contribution in [-0.4, -0.2) is 41.2 Å². The van der Waals surface area contributed by atoms with Crippen LogP contribution in [0.1, 0.15) is 136 Å². The zero-order valence-corrected chi connectivity index (χ0v) is 21.9. The largest absolute Gasteiger partial charge is 0.477 e. The van der Waals surface area contributed by atoms with Gasteiger partial charge in [-0.15, -0.1) is 6.58 Å². The molecule has 0 rings (SSSR count). The van der Waals surface area contributed by atoms with Crippen molar-refractivity contribution in [1.82, 2.24) is 0 Å². The van der Waals surface area contributed by atoms with Crippen molar-refractivity contribution in [2.24, 2.45) is 0 Å². The molecular weight excluding hydrogens is 382 g/mol. The monoisotopic (exact) mass is 438 g/mol. The second kappa shape index (κ2) is 17.7. The van der Waals surface area contributed by atoms with Crippen LogP contribution < -0.4 is 0 Å². The third kappa shape index (κ3) is 11.6. The van der Waals surface area contributed by atoms with Gasteiger partial charge in [0.25, 0.3) is 0 Å². The van der Waals surface area contributed by atoms with Gasteiger partial charge in [0.05, 0.1) is 20.1 Å². The number of quaternary nitrogens is 1. The molecule has 0 spiro atoms. The Morgan fingerprint density at radius 1 is 0.806 bits per heavy atom. The molecule has 0 bridgehead atoms. The molecule has 0 aliphatic rings. The molecule has 0 aliphatic carbocycles. The first kappa shape index (κ1) is 30.2. The quantitative estimate of drug-likeness (QED) is 0.104. The van der Waals surface area contributed by atoms with Gasteiger partial charge < -0.3 is 9.59 Å². The van der Waals surface area contributed by atoms with Gasteiger partial charge in [0.1, 0.15) is 0 Å². The summed E-state index contributed by atoms with van der Waals surface area (Å²) in [4.78, 5) is 12.3. The highest BCUT2D eigenvalue weighted by Gasteiger charge is 2.52. The number of carbonyl (C=O) groups is 1. The topological polar surface area (TPSA) is 37.3 Å². The molecule has 0 saturated heterocycles. The lowest BCUT2D eigenvalue weighted by atomic mass is 9.83. The smallest absolute Gasteiger partial charge is 0.366 e. The van der Waals surface area contributed by atoms with E-state index in [4.69, 9.17) is 0 Å². The zero-order valence-electron chi connectivity index (χ0n) is 21.9. The molecule has 0 heterocycles. The number of unbranched alkanes of at least 4 members (excludes halogenated alkanes) is 15. The lowest BCUT2D eigenvalue weighted by Crippen LogP contribution is -2.66. The third-order valence-electron chi connectivity index (χ3n) is 7.72. The van der Waals surface area contributed by atoms with Crippen molar-refractivity contribution in [2.75, 3.05) is 14.1 Å². The van der Waals surface area contributed by atoms with E-state index >= 15 is 0 Å². The maximum Gasteiger partial charge on any atom is 0.366 e. The van der Waals surface area contributed by atoms with E-state index in [2.05, 4.69) is 41.4 Å². The standard InChI is InChI=1S/C28H55NO2/c1-7-9-10-11-12-13-14-15-16-17-18-19-20-21-22-23-25-28(24-8-2,27(30)31)29(5,6)26(3)4/h8,26H,2,7,9-25H2,1,3-6H3/p+1. The van der Waals surface area contributed by atoms with E-state index in [9.17, 15) is 9.90 Å². The van der Waals surface area contributed by atoms with Gasteiger partial charge in [-0.1, -0.05) is 109 Å². The number of hydrogen-bond acceptors (Lipinski definition) is 1. The van der Waals surface area contributed by atoms with Gasteiger partial charge in [-0.2, -0.15) is 0 Å². The Balaban J connectivity index is 3.90. The van der Waals surface area contributed by atoms with Crippen molar-refractivity contribution >= 4 is 5.97 Å². The minimum atomic E-state index is -0.758. The summed E-state index contributed by atoms with van der Waals surface area (Å²) in [5.41, 5.74) is -0.758. The molecular formula is C28H56NO2+. The highest BCUT2D eigenvalue weighted by Crippen LogP contribution is 2.34. The van der Waals surface area contributed by atoms with Gasteiger partial charge in [0.15, 0.2) is 0 Å². The average Bonchev–Trinajstić information content (AvgIpc) is 2.72. The van der Waals surface area contributed by atoms with Crippen LogP contribution in [0.25, 0.3) is 0 Å². The minimum Gasteiger partial charge on any atom is -0.477 e. The Morgan fingerprint density at radius 3 is 1.45 bits per heavy atom. The van der Waals surface area contributed by atoms with Crippen molar-refractivity contribution in [1.29, 1.82) is 0 Å². The number of rotatable bonds is 22. The molecule has 184 valence electrons. The summed E-state index contributed by atoms with van der Waals surface area (Å²) in [5, 5.41) is 10.1. The van der Waals surface area contributed by atoms with E-state index in [0.717, 1.165) is 19.3 Å². The van der Waals surface area contributed by atoms with Crippen LogP contribution in [0.15, 0.2) is 12.7 Å². The van der Waals surface area contributed by atoms with E-state index in [1.807, 2.05) is 0 Å². The van der Waals surface area contributed by atoms with Gasteiger partial charge in [-0.25, -0.2) is 4.79 Å². The summed E-state index contributed by atoms with van der Waals surface area (Å²) < 4.78 is 0.507. The highest BCUT2D eigenvalue weighted by atomic mass is 16.4. The Morgan fingerprint density at radius 2 is 1.16 bits per heavy atom. The fraction of sp³-hybridized carbons (Fsp3) is 0.893. The Bertz CT molecular complexity index is 458. The number of nitrogens with zero attached hydrogens (tertiary/aromatic N) is 1. The number of hydrogen-bond donors (Lipinski definition) is 1. The molecule has 0 aliphatic heterocycles. The van der Waals surface area contributed by atoms with Crippen LogP contribution in [0.3, 0.4) is 0 Å². The third-order valence-corrected chi connectivity index (χ3v) is 7.72. The number of carboxylic acids is 1. The van der Waals surface area contributed by atoms with Crippen molar-refractivity contribution in [3.05, 3.63) is 12.7 Å². The number of aliphatic carboxylic acids is 1. The normalized spacial score (nSPS) is 14.0. The summed E-state index contributed by atoms with van der Waals surface area (Å²) >= 11 is 0. The molecule has 0 saturated carbocycles. The van der Waals surface area contributed by atoms with Crippen LogP contribution in [-0.2, 0) is 4.79 Å². The second-order valence-corrected chi connectivity index (χ2v) is 10.5. The molecule has 1 N–H and O–H groups in total. The minimum absolute atomic E-state index is 0.261. The van der Waals surface area contributed by atoms with Gasteiger partial charge in [0, 0.05) is 12.8 Å². The molecule has 1 unspecified atom stereocenters. The maximum atomic E-state index is 12.3. The highest BCUT2D eigenvalue weighted by molar-refractivity contribution is 5.77. The van der Waals surface area contributed by atoms with Crippen LogP contribution in [0, 0.1) is 0 Å². The van der Waals surface area contributed by atoms with Gasteiger partial charge in [0.2, 0.25) is 5.54 Å². The van der Waals surface area contributed by atoms with E-state index in [1.165, 1.54) is 89.9 Å². The first-order chi connectivity index (χ1) is 14.8.